The van der Waals surface area contributed by atoms with Gasteiger partial charge in [0.1, 0.15) is 0 Å². The minimum atomic E-state index is 0.274. The van der Waals surface area contributed by atoms with Gasteiger partial charge in [-0.05, 0) is 64.0 Å². The summed E-state index contributed by atoms with van der Waals surface area (Å²) in [6.07, 6.45) is 9.61. The van der Waals surface area contributed by atoms with Gasteiger partial charge in [0, 0.05) is 11.6 Å². The predicted molar refractivity (Wildman–Crippen MR) is 58.1 cm³/mol. The molecule has 2 heteroatoms. The lowest BCUT2D eigenvalue weighted by Crippen LogP contribution is -2.39. The fourth-order valence-electron chi connectivity index (χ4n) is 3.41. The molecule has 3 rings (SSSR count). The Labute approximate surface area is 86.8 Å². The van der Waals surface area contributed by atoms with Crippen molar-refractivity contribution < 1.29 is 0 Å². The molecule has 1 saturated heterocycles. The minimum Gasteiger partial charge on any atom is -0.325 e. The maximum Gasteiger partial charge on any atom is 0.0213 e. The van der Waals surface area contributed by atoms with Crippen LogP contribution in [0.25, 0.3) is 0 Å². The van der Waals surface area contributed by atoms with E-state index in [1.807, 2.05) is 0 Å². The molecule has 0 bridgehead atoms. The summed E-state index contributed by atoms with van der Waals surface area (Å²) in [4.78, 5) is 2.55. The van der Waals surface area contributed by atoms with Crippen LogP contribution in [0.15, 0.2) is 0 Å². The van der Waals surface area contributed by atoms with Crippen molar-refractivity contribution in [3.8, 4) is 0 Å². The van der Waals surface area contributed by atoms with Gasteiger partial charge in [0.05, 0.1) is 0 Å². The SMILES string of the molecule is CN1CCCC1CC1(C2(N)CC2)CC1. The van der Waals surface area contributed by atoms with Gasteiger partial charge in [0.25, 0.3) is 0 Å². The summed E-state index contributed by atoms with van der Waals surface area (Å²) >= 11 is 0. The van der Waals surface area contributed by atoms with Crippen LogP contribution in [0.3, 0.4) is 0 Å². The quantitative estimate of drug-likeness (QED) is 0.741. The number of hydrogen-bond acceptors (Lipinski definition) is 2. The molecule has 3 aliphatic rings. The first kappa shape index (κ1) is 9.17. The maximum absolute atomic E-state index is 6.39. The van der Waals surface area contributed by atoms with Crippen LogP contribution in [-0.4, -0.2) is 30.1 Å². The molecule has 1 heterocycles. The largest absolute Gasteiger partial charge is 0.325 e. The molecule has 0 radical (unpaired) electrons. The van der Waals surface area contributed by atoms with Crippen LogP contribution >= 0.6 is 0 Å². The second-order valence-electron chi connectivity index (χ2n) is 5.92. The van der Waals surface area contributed by atoms with Crippen LogP contribution < -0.4 is 5.73 Å². The molecule has 3 fully saturated rings. The molecule has 2 N–H and O–H groups in total. The van der Waals surface area contributed by atoms with Crippen molar-refractivity contribution in [2.24, 2.45) is 11.1 Å². The van der Waals surface area contributed by atoms with Gasteiger partial charge in [-0.1, -0.05) is 0 Å². The molecule has 1 unspecified atom stereocenters. The first-order valence-electron chi connectivity index (χ1n) is 6.14. The highest BCUT2D eigenvalue weighted by molar-refractivity contribution is 5.19. The lowest BCUT2D eigenvalue weighted by molar-refractivity contribution is 0.223. The Morgan fingerprint density at radius 3 is 2.43 bits per heavy atom. The van der Waals surface area contributed by atoms with Gasteiger partial charge >= 0.3 is 0 Å². The Kier molecular flexibility index (Phi) is 1.79. The van der Waals surface area contributed by atoms with Gasteiger partial charge in [0.15, 0.2) is 0 Å². The fourth-order valence-corrected chi connectivity index (χ4v) is 3.41. The van der Waals surface area contributed by atoms with Crippen LogP contribution in [0, 0.1) is 5.41 Å². The van der Waals surface area contributed by atoms with Gasteiger partial charge in [-0.15, -0.1) is 0 Å². The van der Waals surface area contributed by atoms with Crippen molar-refractivity contribution >= 4 is 0 Å². The van der Waals surface area contributed by atoms with E-state index in [-0.39, 0.29) is 5.54 Å². The van der Waals surface area contributed by atoms with Crippen molar-refractivity contribution in [1.29, 1.82) is 0 Å². The van der Waals surface area contributed by atoms with Gasteiger partial charge in [-0.3, -0.25) is 0 Å². The minimum absolute atomic E-state index is 0.274. The summed E-state index contributed by atoms with van der Waals surface area (Å²) in [5.41, 5.74) is 7.25. The highest BCUT2D eigenvalue weighted by atomic mass is 15.1. The first-order valence-corrected chi connectivity index (χ1v) is 6.14. The zero-order valence-corrected chi connectivity index (χ0v) is 9.26. The Morgan fingerprint density at radius 2 is 2.00 bits per heavy atom. The van der Waals surface area contributed by atoms with E-state index in [2.05, 4.69) is 11.9 Å². The molecule has 80 valence electrons. The van der Waals surface area contributed by atoms with Crippen LogP contribution in [0.5, 0.6) is 0 Å². The number of nitrogens with zero attached hydrogens (tertiary/aromatic N) is 1. The van der Waals surface area contributed by atoms with Crippen molar-refractivity contribution in [2.45, 2.75) is 56.5 Å². The van der Waals surface area contributed by atoms with Crippen LogP contribution in [-0.2, 0) is 0 Å². The van der Waals surface area contributed by atoms with E-state index in [0.717, 1.165) is 6.04 Å². The predicted octanol–water partition coefficient (Wildman–Crippen LogP) is 1.74. The molecule has 14 heavy (non-hydrogen) atoms. The molecule has 0 amide bonds. The molecule has 1 aliphatic heterocycles. The molecule has 2 saturated carbocycles. The van der Waals surface area contributed by atoms with Gasteiger partial charge in [0.2, 0.25) is 0 Å². The van der Waals surface area contributed by atoms with E-state index in [1.54, 1.807) is 0 Å². The van der Waals surface area contributed by atoms with E-state index in [0.29, 0.717) is 5.41 Å². The van der Waals surface area contributed by atoms with Crippen LogP contribution in [0.4, 0.5) is 0 Å². The fraction of sp³-hybridized carbons (Fsp3) is 1.00. The third-order valence-corrected chi connectivity index (χ3v) is 5.00. The Bertz CT molecular complexity index is 241. The smallest absolute Gasteiger partial charge is 0.0213 e. The zero-order chi connectivity index (χ0) is 9.81. The molecular weight excluding hydrogens is 172 g/mol. The summed E-state index contributed by atoms with van der Waals surface area (Å²) in [5, 5.41) is 0. The average Bonchev–Trinajstić information content (AvgIpc) is 3.02. The number of hydrogen-bond donors (Lipinski definition) is 1. The van der Waals surface area contributed by atoms with E-state index >= 15 is 0 Å². The number of likely N-dealkylation sites (tertiary alicyclic amines) is 1. The van der Waals surface area contributed by atoms with Gasteiger partial charge < -0.3 is 10.6 Å². The topological polar surface area (TPSA) is 29.3 Å². The van der Waals surface area contributed by atoms with Crippen molar-refractivity contribution in [3.63, 3.8) is 0 Å². The highest BCUT2D eigenvalue weighted by Gasteiger charge is 2.63. The Balaban J connectivity index is 1.66. The Morgan fingerprint density at radius 1 is 1.29 bits per heavy atom. The maximum atomic E-state index is 6.39. The Hall–Kier alpha value is -0.0800. The molecule has 0 aromatic carbocycles. The third-order valence-electron chi connectivity index (χ3n) is 5.00. The van der Waals surface area contributed by atoms with Crippen molar-refractivity contribution in [2.75, 3.05) is 13.6 Å². The molecular formula is C12H22N2. The number of rotatable bonds is 3. The van der Waals surface area contributed by atoms with Crippen LogP contribution in [0.1, 0.15) is 44.9 Å². The molecule has 1 atom stereocenters. The summed E-state index contributed by atoms with van der Waals surface area (Å²) in [5.74, 6) is 0. The molecule has 0 aromatic heterocycles. The molecule has 0 spiro atoms. The molecule has 0 aromatic rings. The summed E-state index contributed by atoms with van der Waals surface area (Å²) in [6.45, 7) is 1.30. The lowest BCUT2D eigenvalue weighted by Gasteiger charge is -2.29. The summed E-state index contributed by atoms with van der Waals surface area (Å²) < 4.78 is 0. The van der Waals surface area contributed by atoms with Crippen LogP contribution in [0.2, 0.25) is 0 Å². The van der Waals surface area contributed by atoms with E-state index in [4.69, 9.17) is 5.73 Å². The molecule has 2 aliphatic carbocycles. The van der Waals surface area contributed by atoms with E-state index in [1.165, 1.54) is 51.5 Å². The molecule has 2 nitrogen and oxygen atoms in total. The van der Waals surface area contributed by atoms with Gasteiger partial charge in [-0.25, -0.2) is 0 Å². The monoisotopic (exact) mass is 194 g/mol. The average molecular weight is 194 g/mol. The highest BCUT2D eigenvalue weighted by Crippen LogP contribution is 2.65. The third kappa shape index (κ3) is 1.24. The lowest BCUT2D eigenvalue weighted by atomic mass is 9.86. The summed E-state index contributed by atoms with van der Waals surface area (Å²) in [6, 6.07) is 0.846. The second kappa shape index (κ2) is 2.73. The summed E-state index contributed by atoms with van der Waals surface area (Å²) in [7, 11) is 2.28. The first-order chi connectivity index (χ1) is 6.65. The van der Waals surface area contributed by atoms with Crippen molar-refractivity contribution in [1.82, 2.24) is 4.90 Å². The second-order valence-corrected chi connectivity index (χ2v) is 5.92. The number of nitrogens with two attached hydrogens (primary N) is 1. The standard InChI is InChI=1S/C12H22N2/c1-14-8-2-3-10(14)9-11(4-5-11)12(13)6-7-12/h10H,2-9,13H2,1H3. The van der Waals surface area contributed by atoms with E-state index in [9.17, 15) is 0 Å². The normalized spacial score (nSPS) is 38.6. The van der Waals surface area contributed by atoms with Gasteiger partial charge in [-0.2, -0.15) is 0 Å². The van der Waals surface area contributed by atoms with Crippen molar-refractivity contribution in [3.05, 3.63) is 0 Å². The van der Waals surface area contributed by atoms with E-state index < -0.39 is 0 Å². The zero-order valence-electron chi connectivity index (χ0n) is 9.26.